The molecule has 30 heavy (non-hydrogen) atoms. The molecule has 6 nitrogen and oxygen atoms in total. The molecule has 0 saturated carbocycles. The zero-order chi connectivity index (χ0) is 21.6. The van der Waals surface area contributed by atoms with Gasteiger partial charge in [0.05, 0.1) is 11.4 Å². The Morgan fingerprint density at radius 2 is 1.43 bits per heavy atom. The number of aromatic nitrogens is 2. The Kier molecular flexibility index (Phi) is 7.36. The van der Waals surface area contributed by atoms with Gasteiger partial charge in [-0.2, -0.15) is 8.73 Å². The highest BCUT2D eigenvalue weighted by atomic mass is 35.5. The second kappa shape index (κ2) is 9.97. The summed E-state index contributed by atoms with van der Waals surface area (Å²) in [7, 11) is -2.44. The number of carbonyl (C=O) groups is 2. The van der Waals surface area contributed by atoms with E-state index < -0.39 is 21.4 Å². The van der Waals surface area contributed by atoms with Crippen molar-refractivity contribution < 1.29 is 9.59 Å². The second-order valence-electron chi connectivity index (χ2n) is 6.33. The van der Waals surface area contributed by atoms with Crippen molar-refractivity contribution in [2.24, 2.45) is 8.73 Å². The lowest BCUT2D eigenvalue weighted by atomic mass is 10.2. The van der Waals surface area contributed by atoms with Gasteiger partial charge in [0.15, 0.2) is 5.16 Å². The summed E-state index contributed by atoms with van der Waals surface area (Å²) < 4.78 is 8.74. The first-order chi connectivity index (χ1) is 14.4. The van der Waals surface area contributed by atoms with Gasteiger partial charge < -0.3 is 0 Å². The quantitative estimate of drug-likeness (QED) is 0.298. The third kappa shape index (κ3) is 5.98. The van der Waals surface area contributed by atoms with Gasteiger partial charge in [0.1, 0.15) is 5.15 Å². The van der Waals surface area contributed by atoms with Crippen LogP contribution in [-0.4, -0.2) is 34.3 Å². The minimum atomic E-state index is -2.44. The molecule has 0 aliphatic heterocycles. The van der Waals surface area contributed by atoms with E-state index in [0.29, 0.717) is 22.0 Å². The molecule has 1 heterocycles. The molecule has 2 amide bonds. The molecule has 0 radical (unpaired) electrons. The molecule has 1 aromatic heterocycles. The Labute approximate surface area is 184 Å². The van der Waals surface area contributed by atoms with Crippen LogP contribution in [0.5, 0.6) is 0 Å². The lowest BCUT2D eigenvalue weighted by Crippen LogP contribution is -2.11. The Bertz CT molecular complexity index is 1130. The highest BCUT2D eigenvalue weighted by Gasteiger charge is 2.14. The van der Waals surface area contributed by atoms with E-state index in [9.17, 15) is 9.59 Å². The number of amides is 2. The Hall–Kier alpha value is -2.55. The standard InChI is InChI=1S/C21H19ClN4O2S2/c1-29-21-23-17(13-18(22)24-21)14-30(2,25-19(27)15-9-5-3-6-10-15)26-20(28)16-11-7-4-8-12-16/h3-13H,14H2,1-2H3. The van der Waals surface area contributed by atoms with Crippen LogP contribution in [-0.2, 0) is 15.4 Å². The topological polar surface area (TPSA) is 84.6 Å². The first-order valence-electron chi connectivity index (χ1n) is 8.87. The predicted octanol–water partition coefficient (Wildman–Crippen LogP) is 5.18. The van der Waals surface area contributed by atoms with Crippen molar-refractivity contribution in [2.45, 2.75) is 10.9 Å². The van der Waals surface area contributed by atoms with Crippen LogP contribution in [0.1, 0.15) is 26.4 Å². The molecule has 0 aliphatic rings. The van der Waals surface area contributed by atoms with Crippen LogP contribution in [0, 0.1) is 0 Å². The van der Waals surface area contributed by atoms with Gasteiger partial charge in [-0.3, -0.25) is 9.59 Å². The fourth-order valence-electron chi connectivity index (χ4n) is 2.60. The zero-order valence-corrected chi connectivity index (χ0v) is 18.7. The summed E-state index contributed by atoms with van der Waals surface area (Å²) in [4.78, 5) is 34.1. The van der Waals surface area contributed by atoms with E-state index in [4.69, 9.17) is 11.6 Å². The molecular formula is C21H19ClN4O2S2. The van der Waals surface area contributed by atoms with Crippen LogP contribution < -0.4 is 0 Å². The van der Waals surface area contributed by atoms with Crippen molar-refractivity contribution >= 4 is 44.8 Å². The summed E-state index contributed by atoms with van der Waals surface area (Å²) in [5.74, 6) is -0.661. The molecule has 0 fully saturated rings. The van der Waals surface area contributed by atoms with Crippen molar-refractivity contribution in [3.8, 4) is 0 Å². The van der Waals surface area contributed by atoms with Crippen molar-refractivity contribution in [1.29, 1.82) is 0 Å². The van der Waals surface area contributed by atoms with Crippen molar-refractivity contribution in [3.63, 3.8) is 0 Å². The minimum Gasteiger partial charge on any atom is -0.266 e. The molecule has 0 unspecified atom stereocenters. The smallest absolute Gasteiger partial charge is 0.266 e. The maximum absolute atomic E-state index is 12.8. The predicted molar refractivity (Wildman–Crippen MR) is 122 cm³/mol. The summed E-state index contributed by atoms with van der Waals surface area (Å²) >= 11 is 7.46. The first kappa shape index (κ1) is 22.1. The average Bonchev–Trinajstić information content (AvgIpc) is 2.74. The molecule has 154 valence electrons. The van der Waals surface area contributed by atoms with Gasteiger partial charge in [-0.15, -0.1) is 0 Å². The molecule has 0 saturated heterocycles. The lowest BCUT2D eigenvalue weighted by molar-refractivity contribution is 0.100. The molecule has 0 spiro atoms. The Morgan fingerprint density at radius 1 is 0.933 bits per heavy atom. The number of rotatable bonds is 5. The number of halogens is 1. The second-order valence-corrected chi connectivity index (χ2v) is 10.1. The molecule has 0 bridgehead atoms. The largest absolute Gasteiger partial charge is 0.283 e. The summed E-state index contributed by atoms with van der Waals surface area (Å²) in [5.41, 5.74) is 1.44. The molecule has 3 rings (SSSR count). The molecular weight excluding hydrogens is 440 g/mol. The summed E-state index contributed by atoms with van der Waals surface area (Å²) in [6, 6.07) is 19.0. The van der Waals surface area contributed by atoms with Gasteiger partial charge in [0, 0.05) is 17.4 Å². The van der Waals surface area contributed by atoms with E-state index in [2.05, 4.69) is 18.7 Å². The number of hydrogen-bond acceptors (Lipinski definition) is 5. The average molecular weight is 459 g/mol. The van der Waals surface area contributed by atoms with Gasteiger partial charge in [-0.25, -0.2) is 9.97 Å². The third-order valence-electron chi connectivity index (χ3n) is 3.93. The summed E-state index contributed by atoms with van der Waals surface area (Å²) in [6.45, 7) is 0. The minimum absolute atomic E-state index is 0.194. The van der Waals surface area contributed by atoms with Gasteiger partial charge in [-0.1, -0.05) is 59.8 Å². The summed E-state index contributed by atoms with van der Waals surface area (Å²) in [6.07, 6.45) is 3.55. The van der Waals surface area contributed by atoms with Crippen LogP contribution in [0.15, 0.2) is 80.6 Å². The molecule has 3 aromatic rings. The summed E-state index contributed by atoms with van der Waals surface area (Å²) in [5, 5.41) is 0.790. The van der Waals surface area contributed by atoms with E-state index in [0.717, 1.165) is 0 Å². The molecule has 9 heteroatoms. The van der Waals surface area contributed by atoms with E-state index in [1.807, 2.05) is 18.4 Å². The van der Waals surface area contributed by atoms with Crippen molar-refractivity contribution in [3.05, 3.63) is 88.7 Å². The molecule has 0 aliphatic carbocycles. The Balaban J connectivity index is 2.09. The van der Waals surface area contributed by atoms with Crippen LogP contribution >= 0.6 is 23.4 Å². The number of thioether (sulfide) groups is 1. The van der Waals surface area contributed by atoms with Gasteiger partial charge in [0.25, 0.3) is 11.8 Å². The van der Waals surface area contributed by atoms with Gasteiger partial charge in [0.2, 0.25) is 0 Å². The SMILES string of the molecule is CSc1nc(Cl)cc(CS(C)(=NC(=O)c2ccccc2)=NC(=O)c2ccccc2)n1. The highest BCUT2D eigenvalue weighted by molar-refractivity contribution is 7.98. The van der Waals surface area contributed by atoms with E-state index >= 15 is 0 Å². The van der Waals surface area contributed by atoms with Gasteiger partial charge >= 0.3 is 0 Å². The van der Waals surface area contributed by atoms with Crippen LogP contribution in [0.25, 0.3) is 0 Å². The van der Waals surface area contributed by atoms with Gasteiger partial charge in [-0.05, 0) is 46.2 Å². The highest BCUT2D eigenvalue weighted by Crippen LogP contribution is 2.18. The molecule has 0 N–H and O–H groups in total. The van der Waals surface area contributed by atoms with Crippen molar-refractivity contribution in [2.75, 3.05) is 12.5 Å². The first-order valence-corrected chi connectivity index (χ1v) is 12.6. The van der Waals surface area contributed by atoms with E-state index in [1.54, 1.807) is 60.9 Å². The monoisotopic (exact) mass is 458 g/mol. The van der Waals surface area contributed by atoms with Crippen molar-refractivity contribution in [1.82, 2.24) is 9.97 Å². The maximum atomic E-state index is 12.8. The molecule has 0 atom stereocenters. The number of benzene rings is 2. The van der Waals surface area contributed by atoms with E-state index in [-0.39, 0.29) is 10.9 Å². The lowest BCUT2D eigenvalue weighted by Gasteiger charge is -2.11. The van der Waals surface area contributed by atoms with Crippen LogP contribution in [0.4, 0.5) is 0 Å². The number of nitrogens with zero attached hydrogens (tertiary/aromatic N) is 4. The van der Waals surface area contributed by atoms with Crippen LogP contribution in [0.2, 0.25) is 5.15 Å². The van der Waals surface area contributed by atoms with Crippen LogP contribution in [0.3, 0.4) is 0 Å². The normalized spacial score (nSPS) is 11.0. The number of hydrogen-bond donors (Lipinski definition) is 0. The fourth-order valence-corrected chi connectivity index (χ4v) is 5.05. The third-order valence-corrected chi connectivity index (χ3v) is 6.63. The maximum Gasteiger partial charge on any atom is 0.283 e. The number of carbonyl (C=O) groups excluding carboxylic acids is 2. The zero-order valence-electron chi connectivity index (χ0n) is 16.4. The van der Waals surface area contributed by atoms with E-state index in [1.165, 1.54) is 11.8 Å². The fraction of sp³-hybridized carbons (Fsp3) is 0.143. The Morgan fingerprint density at radius 3 is 1.90 bits per heavy atom. The molecule has 2 aromatic carbocycles.